The molecule has 6 heteroatoms. The molecule has 0 N–H and O–H groups in total. The highest BCUT2D eigenvalue weighted by Gasteiger charge is 2.33. The molecule has 1 unspecified atom stereocenters. The fourth-order valence-electron chi connectivity index (χ4n) is 3.24. The highest BCUT2D eigenvalue weighted by atomic mass is 16.6. The Morgan fingerprint density at radius 1 is 0.808 bits per heavy atom. The lowest BCUT2D eigenvalue weighted by Gasteiger charge is -2.37. The third-order valence-electron chi connectivity index (χ3n) is 4.68. The Morgan fingerprint density at radius 2 is 1.42 bits per heavy atom. The number of carbonyl (C=O) groups is 2. The van der Waals surface area contributed by atoms with E-state index in [9.17, 15) is 9.59 Å². The van der Waals surface area contributed by atoms with E-state index >= 15 is 0 Å². The predicted molar refractivity (Wildman–Crippen MR) is 95.3 cm³/mol. The van der Waals surface area contributed by atoms with Gasteiger partial charge in [0.15, 0.2) is 11.5 Å². The zero-order chi connectivity index (χ0) is 17.9. The molecule has 1 saturated heterocycles. The summed E-state index contributed by atoms with van der Waals surface area (Å²) in [7, 11) is 0. The number of fused-ring (bicyclic) bond motifs is 1. The van der Waals surface area contributed by atoms with E-state index in [-0.39, 0.29) is 18.4 Å². The monoisotopic (exact) mass is 352 g/mol. The van der Waals surface area contributed by atoms with Crippen molar-refractivity contribution in [2.45, 2.75) is 6.10 Å². The maximum Gasteiger partial charge on any atom is 0.267 e. The quantitative estimate of drug-likeness (QED) is 0.827. The van der Waals surface area contributed by atoms with Gasteiger partial charge in [-0.25, -0.2) is 0 Å². The maximum absolute atomic E-state index is 12.7. The lowest BCUT2D eigenvalue weighted by molar-refractivity contribution is -0.142. The van der Waals surface area contributed by atoms with Crippen molar-refractivity contribution >= 4 is 11.8 Å². The van der Waals surface area contributed by atoms with Crippen LogP contribution in [0.3, 0.4) is 0 Å². The number of benzene rings is 2. The molecule has 2 aliphatic heterocycles. The van der Waals surface area contributed by atoms with E-state index in [4.69, 9.17) is 9.47 Å². The van der Waals surface area contributed by atoms with Gasteiger partial charge in [0.2, 0.25) is 6.10 Å². The number of hydrogen-bond acceptors (Lipinski definition) is 4. The largest absolute Gasteiger partial charge is 0.485 e. The number of amides is 2. The summed E-state index contributed by atoms with van der Waals surface area (Å²) in [6.45, 7) is 2.24. The maximum atomic E-state index is 12.7. The van der Waals surface area contributed by atoms with E-state index in [0.29, 0.717) is 43.2 Å². The normalized spacial score (nSPS) is 19.2. The summed E-state index contributed by atoms with van der Waals surface area (Å²) in [5, 5.41) is 0. The second-order valence-corrected chi connectivity index (χ2v) is 6.35. The van der Waals surface area contributed by atoms with Crippen molar-refractivity contribution in [2.75, 3.05) is 32.8 Å². The molecule has 4 rings (SSSR count). The summed E-state index contributed by atoms with van der Waals surface area (Å²) in [4.78, 5) is 28.8. The number of hydrogen-bond donors (Lipinski definition) is 0. The average molecular weight is 352 g/mol. The number of rotatable bonds is 2. The Labute approximate surface area is 151 Å². The van der Waals surface area contributed by atoms with Crippen LogP contribution in [0.4, 0.5) is 0 Å². The molecule has 2 aromatic rings. The highest BCUT2D eigenvalue weighted by Crippen LogP contribution is 2.31. The van der Waals surface area contributed by atoms with Gasteiger partial charge in [-0.15, -0.1) is 0 Å². The van der Waals surface area contributed by atoms with Gasteiger partial charge in [-0.3, -0.25) is 9.59 Å². The van der Waals surface area contributed by atoms with E-state index in [1.165, 1.54) is 0 Å². The predicted octanol–water partition coefficient (Wildman–Crippen LogP) is 1.81. The van der Waals surface area contributed by atoms with Crippen LogP contribution in [0.2, 0.25) is 0 Å². The minimum absolute atomic E-state index is 0.00359. The molecule has 0 saturated carbocycles. The Kier molecular flexibility index (Phi) is 4.48. The number of para-hydroxylation sites is 2. The third kappa shape index (κ3) is 3.22. The van der Waals surface area contributed by atoms with Gasteiger partial charge in [0.05, 0.1) is 0 Å². The Bertz CT molecular complexity index is 800. The van der Waals surface area contributed by atoms with Crippen molar-refractivity contribution in [1.29, 1.82) is 0 Å². The molecule has 2 aliphatic rings. The first-order valence-electron chi connectivity index (χ1n) is 8.74. The summed E-state index contributed by atoms with van der Waals surface area (Å²) in [6, 6.07) is 16.6. The Hall–Kier alpha value is -3.02. The molecule has 0 aliphatic carbocycles. The van der Waals surface area contributed by atoms with Crippen molar-refractivity contribution in [1.82, 2.24) is 9.80 Å². The molecule has 1 fully saturated rings. The average Bonchev–Trinajstić information content (AvgIpc) is 2.73. The number of ether oxygens (including phenoxy) is 2. The molecule has 0 aromatic heterocycles. The Balaban J connectivity index is 1.35. The smallest absolute Gasteiger partial charge is 0.267 e. The van der Waals surface area contributed by atoms with E-state index in [1.807, 2.05) is 48.5 Å². The van der Waals surface area contributed by atoms with Gasteiger partial charge in [-0.1, -0.05) is 30.3 Å². The lowest BCUT2D eigenvalue weighted by Crippen LogP contribution is -2.55. The zero-order valence-electron chi connectivity index (χ0n) is 14.3. The second-order valence-electron chi connectivity index (χ2n) is 6.35. The van der Waals surface area contributed by atoms with Crippen molar-refractivity contribution in [3.05, 3.63) is 60.2 Å². The van der Waals surface area contributed by atoms with Crippen molar-refractivity contribution in [3.8, 4) is 11.5 Å². The molecule has 1 atom stereocenters. The molecule has 0 spiro atoms. The van der Waals surface area contributed by atoms with E-state index in [0.717, 1.165) is 0 Å². The van der Waals surface area contributed by atoms with Crippen LogP contribution in [0, 0.1) is 0 Å². The van der Waals surface area contributed by atoms with Gasteiger partial charge in [0.25, 0.3) is 11.8 Å². The van der Waals surface area contributed by atoms with Crippen LogP contribution in [0.15, 0.2) is 54.6 Å². The van der Waals surface area contributed by atoms with E-state index < -0.39 is 6.10 Å². The molecular formula is C20H20N2O4. The van der Waals surface area contributed by atoms with Gasteiger partial charge in [-0.05, 0) is 24.3 Å². The van der Waals surface area contributed by atoms with E-state index in [2.05, 4.69) is 0 Å². The zero-order valence-corrected chi connectivity index (χ0v) is 14.3. The standard InChI is InChI=1S/C20H20N2O4/c23-19(15-6-2-1-3-7-15)21-10-12-22(13-11-21)20(24)18-14-25-16-8-4-5-9-17(16)26-18/h1-9,18H,10-14H2. The molecule has 2 aromatic carbocycles. The molecule has 2 amide bonds. The van der Waals surface area contributed by atoms with Crippen LogP contribution in [-0.4, -0.2) is 60.5 Å². The fraction of sp³-hybridized carbons (Fsp3) is 0.300. The summed E-state index contributed by atoms with van der Waals surface area (Å²) in [5.74, 6) is 1.17. The van der Waals surface area contributed by atoms with Gasteiger partial charge >= 0.3 is 0 Å². The van der Waals surface area contributed by atoms with Crippen LogP contribution < -0.4 is 9.47 Å². The summed E-state index contributed by atoms with van der Waals surface area (Å²) in [6.07, 6.45) is -0.638. The molecule has 134 valence electrons. The molecule has 0 bridgehead atoms. The molecule has 6 nitrogen and oxygen atoms in total. The summed E-state index contributed by atoms with van der Waals surface area (Å²) >= 11 is 0. The summed E-state index contributed by atoms with van der Waals surface area (Å²) in [5.41, 5.74) is 0.674. The minimum atomic E-state index is -0.638. The summed E-state index contributed by atoms with van der Waals surface area (Å²) < 4.78 is 11.4. The van der Waals surface area contributed by atoms with Gasteiger partial charge < -0.3 is 19.3 Å². The minimum Gasteiger partial charge on any atom is -0.485 e. The van der Waals surface area contributed by atoms with Gasteiger partial charge in [0, 0.05) is 31.7 Å². The van der Waals surface area contributed by atoms with Crippen molar-refractivity contribution < 1.29 is 19.1 Å². The number of carbonyl (C=O) groups excluding carboxylic acids is 2. The SMILES string of the molecule is O=C(c1ccccc1)N1CCN(C(=O)C2COc3ccccc3O2)CC1. The Morgan fingerprint density at radius 3 is 2.15 bits per heavy atom. The van der Waals surface area contributed by atoms with Crippen molar-refractivity contribution in [2.24, 2.45) is 0 Å². The molecular weight excluding hydrogens is 332 g/mol. The van der Waals surface area contributed by atoms with Gasteiger partial charge in [0.1, 0.15) is 6.61 Å². The highest BCUT2D eigenvalue weighted by molar-refractivity contribution is 5.94. The topological polar surface area (TPSA) is 59.1 Å². The van der Waals surface area contributed by atoms with Crippen LogP contribution in [-0.2, 0) is 4.79 Å². The van der Waals surface area contributed by atoms with Crippen LogP contribution in [0.1, 0.15) is 10.4 Å². The first kappa shape index (κ1) is 16.4. The second kappa shape index (κ2) is 7.07. The van der Waals surface area contributed by atoms with Crippen LogP contribution in [0.5, 0.6) is 11.5 Å². The van der Waals surface area contributed by atoms with Crippen molar-refractivity contribution in [3.63, 3.8) is 0 Å². The number of nitrogens with zero attached hydrogens (tertiary/aromatic N) is 2. The van der Waals surface area contributed by atoms with Gasteiger partial charge in [-0.2, -0.15) is 0 Å². The molecule has 26 heavy (non-hydrogen) atoms. The van der Waals surface area contributed by atoms with Crippen LogP contribution >= 0.6 is 0 Å². The van der Waals surface area contributed by atoms with E-state index in [1.54, 1.807) is 15.9 Å². The fourth-order valence-corrected chi connectivity index (χ4v) is 3.24. The van der Waals surface area contributed by atoms with Crippen LogP contribution in [0.25, 0.3) is 0 Å². The number of piperazine rings is 1. The molecule has 2 heterocycles. The first-order chi connectivity index (χ1) is 12.7. The first-order valence-corrected chi connectivity index (χ1v) is 8.74. The lowest BCUT2D eigenvalue weighted by atomic mass is 10.1. The third-order valence-corrected chi connectivity index (χ3v) is 4.68. The molecule has 0 radical (unpaired) electrons.